The zero-order chi connectivity index (χ0) is 30.3. The van der Waals surface area contributed by atoms with Gasteiger partial charge in [-0.15, -0.1) is 0 Å². The molecule has 0 aliphatic carbocycles. The van der Waals surface area contributed by atoms with Crippen molar-refractivity contribution in [2.24, 2.45) is 0 Å². The van der Waals surface area contributed by atoms with Crippen LogP contribution in [0.4, 0.5) is 5.69 Å². The van der Waals surface area contributed by atoms with Gasteiger partial charge >= 0.3 is 0 Å². The average molecular weight is 639 g/mol. The van der Waals surface area contributed by atoms with Crippen molar-refractivity contribution >= 4 is 62.3 Å². The number of sulfonamides is 1. The summed E-state index contributed by atoms with van der Waals surface area (Å²) in [4.78, 5) is 28.4. The van der Waals surface area contributed by atoms with Crippen molar-refractivity contribution < 1.29 is 18.0 Å². The van der Waals surface area contributed by atoms with E-state index in [1.165, 1.54) is 29.2 Å². The summed E-state index contributed by atoms with van der Waals surface area (Å²) in [6.45, 7) is 7.17. The third-order valence-electron chi connectivity index (χ3n) is 6.85. The first-order valence-corrected chi connectivity index (χ1v) is 15.8. The van der Waals surface area contributed by atoms with E-state index in [4.69, 9.17) is 34.8 Å². The van der Waals surface area contributed by atoms with Gasteiger partial charge in [-0.05, 0) is 86.8 Å². The minimum absolute atomic E-state index is 0.0287. The van der Waals surface area contributed by atoms with Crippen LogP contribution in [0, 0.1) is 13.8 Å². The van der Waals surface area contributed by atoms with Crippen molar-refractivity contribution in [2.75, 3.05) is 17.4 Å². The molecule has 7 nitrogen and oxygen atoms in total. The van der Waals surface area contributed by atoms with Gasteiger partial charge < -0.3 is 10.2 Å². The van der Waals surface area contributed by atoms with E-state index < -0.39 is 28.5 Å². The summed E-state index contributed by atoms with van der Waals surface area (Å²) in [6, 6.07) is 14.9. The molecule has 41 heavy (non-hydrogen) atoms. The van der Waals surface area contributed by atoms with Crippen molar-refractivity contribution in [3.63, 3.8) is 0 Å². The topological polar surface area (TPSA) is 86.8 Å². The number of carbonyl (C=O) groups is 2. The van der Waals surface area contributed by atoms with E-state index in [0.29, 0.717) is 32.9 Å². The molecule has 0 aromatic heterocycles. The van der Waals surface area contributed by atoms with Crippen molar-refractivity contribution in [3.05, 3.63) is 92.4 Å². The highest BCUT2D eigenvalue weighted by molar-refractivity contribution is 7.92. The summed E-state index contributed by atoms with van der Waals surface area (Å²) in [7, 11) is -4.21. The predicted molar refractivity (Wildman–Crippen MR) is 166 cm³/mol. The lowest BCUT2D eigenvalue weighted by Gasteiger charge is -2.32. The fraction of sp³-hybridized carbons (Fsp3) is 0.333. The number of carbonyl (C=O) groups excluding carboxylic acids is 2. The van der Waals surface area contributed by atoms with Crippen LogP contribution in [0.1, 0.15) is 43.4 Å². The van der Waals surface area contributed by atoms with Gasteiger partial charge in [0, 0.05) is 33.7 Å². The molecule has 3 rings (SSSR count). The molecule has 0 heterocycles. The zero-order valence-corrected chi connectivity index (χ0v) is 26.5. The number of halogens is 3. The predicted octanol–water partition coefficient (Wildman–Crippen LogP) is 6.79. The highest BCUT2D eigenvalue weighted by Crippen LogP contribution is 2.29. The normalized spacial score (nSPS) is 12.1. The van der Waals surface area contributed by atoms with Crippen LogP contribution in [0.15, 0.2) is 65.6 Å². The molecule has 0 unspecified atom stereocenters. The Morgan fingerprint density at radius 3 is 2.15 bits per heavy atom. The number of hydrogen-bond donors (Lipinski definition) is 1. The maximum absolute atomic E-state index is 14.0. The van der Waals surface area contributed by atoms with Gasteiger partial charge in [-0.1, -0.05) is 60.3 Å². The standard InChI is InChI=1S/C30H34Cl3N3O4S/c1-5-6-16-34-30(38)22(4)35(18-26-27(32)8-7-9-28(26)33)29(37)19-36(24-13-10-20(2)21(3)17-24)41(39,40)25-14-11-23(31)12-15-25/h7-15,17,22H,5-6,16,18-19H2,1-4H3,(H,34,38)/t22-/m0/s1. The summed E-state index contributed by atoms with van der Waals surface area (Å²) in [5.74, 6) is -0.969. The van der Waals surface area contributed by atoms with Crippen LogP contribution in [0.2, 0.25) is 15.1 Å². The lowest BCUT2D eigenvalue weighted by Crippen LogP contribution is -2.51. The van der Waals surface area contributed by atoms with Crippen molar-refractivity contribution in [1.29, 1.82) is 0 Å². The third kappa shape index (κ3) is 8.16. The Morgan fingerprint density at radius 1 is 0.927 bits per heavy atom. The van der Waals surface area contributed by atoms with E-state index in [9.17, 15) is 18.0 Å². The smallest absolute Gasteiger partial charge is 0.264 e. The molecule has 3 aromatic carbocycles. The SMILES string of the molecule is CCCCNC(=O)[C@H](C)N(Cc1c(Cl)cccc1Cl)C(=O)CN(c1ccc(C)c(C)c1)S(=O)(=O)c1ccc(Cl)cc1. The number of benzene rings is 3. The van der Waals surface area contributed by atoms with Crippen LogP contribution in [0.25, 0.3) is 0 Å². The lowest BCUT2D eigenvalue weighted by molar-refractivity contribution is -0.139. The fourth-order valence-corrected chi connectivity index (χ4v) is 6.16. The quantitative estimate of drug-likeness (QED) is 0.221. The molecule has 0 aliphatic heterocycles. The largest absolute Gasteiger partial charge is 0.354 e. The highest BCUT2D eigenvalue weighted by atomic mass is 35.5. The monoisotopic (exact) mass is 637 g/mol. The van der Waals surface area contributed by atoms with Crippen LogP contribution in [-0.4, -0.2) is 44.3 Å². The number of amides is 2. The average Bonchev–Trinajstić information content (AvgIpc) is 2.93. The Labute approximate surface area is 257 Å². The van der Waals surface area contributed by atoms with Gasteiger partial charge in [-0.3, -0.25) is 13.9 Å². The second-order valence-corrected chi connectivity index (χ2v) is 12.9. The maximum atomic E-state index is 14.0. The van der Waals surface area contributed by atoms with Gasteiger partial charge in [0.2, 0.25) is 11.8 Å². The Balaban J connectivity index is 2.06. The number of nitrogens with one attached hydrogen (secondary N) is 1. The lowest BCUT2D eigenvalue weighted by atomic mass is 10.1. The number of unbranched alkanes of at least 4 members (excludes halogenated alkanes) is 1. The molecular weight excluding hydrogens is 605 g/mol. The molecule has 3 aromatic rings. The fourth-order valence-electron chi connectivity index (χ4n) is 4.12. The van der Waals surface area contributed by atoms with E-state index in [-0.39, 0.29) is 17.3 Å². The molecular formula is C30H34Cl3N3O4S. The molecule has 0 saturated heterocycles. The van der Waals surface area contributed by atoms with E-state index >= 15 is 0 Å². The third-order valence-corrected chi connectivity index (χ3v) is 9.59. The summed E-state index contributed by atoms with van der Waals surface area (Å²) < 4.78 is 28.9. The van der Waals surface area contributed by atoms with Crippen LogP contribution < -0.4 is 9.62 Å². The van der Waals surface area contributed by atoms with Gasteiger partial charge in [0.05, 0.1) is 10.6 Å². The summed E-state index contributed by atoms with van der Waals surface area (Å²) in [5, 5.41) is 3.88. The Morgan fingerprint density at radius 2 is 1.56 bits per heavy atom. The second kappa shape index (κ2) is 14.4. The Kier molecular flexibility index (Phi) is 11.5. The molecule has 0 bridgehead atoms. The molecule has 0 saturated carbocycles. The highest BCUT2D eigenvalue weighted by Gasteiger charge is 2.33. The van der Waals surface area contributed by atoms with Crippen molar-refractivity contribution in [1.82, 2.24) is 10.2 Å². The number of hydrogen-bond acceptors (Lipinski definition) is 4. The maximum Gasteiger partial charge on any atom is 0.264 e. The molecule has 2 amide bonds. The minimum Gasteiger partial charge on any atom is -0.354 e. The molecule has 11 heteroatoms. The molecule has 0 aliphatic rings. The zero-order valence-electron chi connectivity index (χ0n) is 23.5. The summed E-state index contributed by atoms with van der Waals surface area (Å²) in [6.07, 6.45) is 1.67. The molecule has 1 atom stereocenters. The molecule has 0 spiro atoms. The summed E-state index contributed by atoms with van der Waals surface area (Å²) >= 11 is 18.9. The molecule has 0 fully saturated rings. The van der Waals surface area contributed by atoms with Crippen LogP contribution in [0.3, 0.4) is 0 Å². The van der Waals surface area contributed by atoms with E-state index in [2.05, 4.69) is 5.32 Å². The minimum atomic E-state index is -4.21. The first-order chi connectivity index (χ1) is 19.4. The van der Waals surface area contributed by atoms with Gasteiger partial charge in [0.1, 0.15) is 12.6 Å². The van der Waals surface area contributed by atoms with E-state index in [0.717, 1.165) is 28.3 Å². The van der Waals surface area contributed by atoms with Gasteiger partial charge in [0.25, 0.3) is 10.0 Å². The molecule has 0 radical (unpaired) electrons. The molecule has 1 N–H and O–H groups in total. The van der Waals surface area contributed by atoms with Crippen LogP contribution in [0.5, 0.6) is 0 Å². The van der Waals surface area contributed by atoms with Gasteiger partial charge in [-0.2, -0.15) is 0 Å². The Bertz CT molecular complexity index is 1480. The second-order valence-electron chi connectivity index (χ2n) is 9.78. The van der Waals surface area contributed by atoms with E-state index in [1.807, 2.05) is 20.8 Å². The van der Waals surface area contributed by atoms with E-state index in [1.54, 1.807) is 43.3 Å². The number of aryl methyl sites for hydroxylation is 2. The van der Waals surface area contributed by atoms with Crippen molar-refractivity contribution in [2.45, 2.75) is 58.0 Å². The number of nitrogens with zero attached hydrogens (tertiary/aromatic N) is 2. The van der Waals surface area contributed by atoms with Crippen LogP contribution >= 0.6 is 34.8 Å². The van der Waals surface area contributed by atoms with Crippen molar-refractivity contribution in [3.8, 4) is 0 Å². The van der Waals surface area contributed by atoms with Gasteiger partial charge in [-0.25, -0.2) is 8.42 Å². The summed E-state index contributed by atoms with van der Waals surface area (Å²) in [5.41, 5.74) is 2.59. The first-order valence-electron chi connectivity index (χ1n) is 13.2. The first kappa shape index (κ1) is 32.7. The number of anilines is 1. The molecule has 220 valence electrons. The van der Waals surface area contributed by atoms with Crippen LogP contribution in [-0.2, 0) is 26.2 Å². The number of rotatable bonds is 12. The van der Waals surface area contributed by atoms with Gasteiger partial charge in [0.15, 0.2) is 0 Å². The Hall–Kier alpha value is -2.78.